The molecule has 0 saturated carbocycles. The fraction of sp³-hybridized carbons (Fsp3) is 0.583. The van der Waals surface area contributed by atoms with Gasteiger partial charge in [-0.25, -0.2) is 14.6 Å². The van der Waals surface area contributed by atoms with Gasteiger partial charge >= 0.3 is 12.1 Å². The first-order chi connectivity index (χ1) is 8.67. The van der Waals surface area contributed by atoms with E-state index in [9.17, 15) is 9.59 Å². The van der Waals surface area contributed by atoms with Crippen LogP contribution in [0.1, 0.15) is 45.1 Å². The van der Waals surface area contributed by atoms with E-state index in [1.165, 1.54) is 5.38 Å². The van der Waals surface area contributed by atoms with Gasteiger partial charge in [0.2, 0.25) is 0 Å². The van der Waals surface area contributed by atoms with Gasteiger partial charge in [0.25, 0.3) is 0 Å². The molecule has 0 saturated heterocycles. The van der Waals surface area contributed by atoms with E-state index < -0.39 is 17.7 Å². The minimum absolute atomic E-state index is 0.171. The van der Waals surface area contributed by atoms with E-state index >= 15 is 0 Å². The number of carbonyl (C=O) groups is 2. The Bertz CT molecular complexity index is 463. The third kappa shape index (κ3) is 5.69. The van der Waals surface area contributed by atoms with Crippen LogP contribution in [0.25, 0.3) is 0 Å². The lowest BCUT2D eigenvalue weighted by atomic mass is 10.2. The molecular formula is C12H18N2O4S. The first-order valence-electron chi connectivity index (χ1n) is 5.84. The van der Waals surface area contributed by atoms with Gasteiger partial charge in [0.15, 0.2) is 10.8 Å². The summed E-state index contributed by atoms with van der Waals surface area (Å²) in [7, 11) is 0. The maximum Gasteiger partial charge on any atom is 0.413 e. The molecule has 6 nitrogen and oxygen atoms in total. The maximum absolute atomic E-state index is 11.6. The van der Waals surface area contributed by atoms with E-state index in [4.69, 9.17) is 9.47 Å². The van der Waals surface area contributed by atoms with Crippen LogP contribution in [0.4, 0.5) is 9.93 Å². The van der Waals surface area contributed by atoms with Gasteiger partial charge in [-0.1, -0.05) is 0 Å². The van der Waals surface area contributed by atoms with Crippen molar-refractivity contribution in [3.8, 4) is 0 Å². The van der Waals surface area contributed by atoms with Gasteiger partial charge in [-0.05, 0) is 34.6 Å². The average Bonchev–Trinajstić information content (AvgIpc) is 2.61. The number of amides is 1. The second-order valence-corrected chi connectivity index (χ2v) is 5.98. The third-order valence-corrected chi connectivity index (χ3v) is 2.42. The quantitative estimate of drug-likeness (QED) is 0.864. The summed E-state index contributed by atoms with van der Waals surface area (Å²) in [5, 5.41) is 4.29. The number of carbonyl (C=O) groups excluding carboxylic acids is 2. The molecule has 0 bridgehead atoms. The van der Waals surface area contributed by atoms with E-state index in [0.29, 0.717) is 5.13 Å². The number of anilines is 1. The first kappa shape index (κ1) is 15.4. The Balaban J connectivity index is 2.60. The molecule has 0 aliphatic heterocycles. The fourth-order valence-electron chi connectivity index (χ4n) is 1.09. The Morgan fingerprint density at radius 2 is 2.00 bits per heavy atom. The van der Waals surface area contributed by atoms with Gasteiger partial charge in [-0.15, -0.1) is 11.3 Å². The maximum atomic E-state index is 11.6. The summed E-state index contributed by atoms with van der Waals surface area (Å²) in [6.45, 7) is 8.80. The van der Waals surface area contributed by atoms with Crippen LogP contribution >= 0.6 is 11.3 Å². The van der Waals surface area contributed by atoms with Crippen LogP contribution in [0.2, 0.25) is 0 Å². The highest BCUT2D eigenvalue weighted by atomic mass is 32.1. The predicted molar refractivity (Wildman–Crippen MR) is 72.5 cm³/mol. The van der Waals surface area contributed by atoms with Crippen molar-refractivity contribution in [3.63, 3.8) is 0 Å². The van der Waals surface area contributed by atoms with Gasteiger partial charge in [-0.2, -0.15) is 0 Å². The molecular weight excluding hydrogens is 268 g/mol. The molecule has 1 heterocycles. The summed E-state index contributed by atoms with van der Waals surface area (Å²) in [4.78, 5) is 27.0. The molecule has 1 amide bonds. The lowest BCUT2D eigenvalue weighted by Crippen LogP contribution is -2.27. The fourth-order valence-corrected chi connectivity index (χ4v) is 1.76. The lowest BCUT2D eigenvalue weighted by Gasteiger charge is -2.18. The van der Waals surface area contributed by atoms with Crippen molar-refractivity contribution in [1.82, 2.24) is 4.98 Å². The lowest BCUT2D eigenvalue weighted by molar-refractivity contribution is 0.0371. The summed E-state index contributed by atoms with van der Waals surface area (Å²) in [6, 6.07) is 0. The molecule has 7 heteroatoms. The van der Waals surface area contributed by atoms with Gasteiger partial charge < -0.3 is 9.47 Å². The number of rotatable bonds is 3. The highest BCUT2D eigenvalue weighted by Gasteiger charge is 2.19. The molecule has 0 fully saturated rings. The van der Waals surface area contributed by atoms with Crippen molar-refractivity contribution in [3.05, 3.63) is 11.1 Å². The topological polar surface area (TPSA) is 77.5 Å². The van der Waals surface area contributed by atoms with Crippen LogP contribution < -0.4 is 5.32 Å². The van der Waals surface area contributed by atoms with Gasteiger partial charge in [0, 0.05) is 5.38 Å². The summed E-state index contributed by atoms with van der Waals surface area (Å²) < 4.78 is 10.1. The first-order valence-corrected chi connectivity index (χ1v) is 6.72. The summed E-state index contributed by atoms with van der Waals surface area (Å²) >= 11 is 1.14. The number of hydrogen-bond donors (Lipinski definition) is 1. The Labute approximate surface area is 116 Å². The van der Waals surface area contributed by atoms with Crippen LogP contribution in [0, 0.1) is 0 Å². The summed E-state index contributed by atoms with van der Waals surface area (Å²) in [6.07, 6.45) is -0.818. The van der Waals surface area contributed by atoms with Crippen LogP contribution in [0.3, 0.4) is 0 Å². The standard InChI is InChI=1S/C12H18N2O4S/c1-7(2)17-9(15)8-6-19-10(13-8)14-11(16)18-12(3,4)5/h6-7H,1-5H3,(H,13,14,16). The van der Waals surface area contributed by atoms with Crippen molar-refractivity contribution >= 4 is 28.5 Å². The number of esters is 1. The largest absolute Gasteiger partial charge is 0.458 e. The van der Waals surface area contributed by atoms with Crippen LogP contribution in [-0.4, -0.2) is 28.8 Å². The average molecular weight is 286 g/mol. The van der Waals surface area contributed by atoms with E-state index in [0.717, 1.165) is 11.3 Å². The molecule has 1 N–H and O–H groups in total. The summed E-state index contributed by atoms with van der Waals surface area (Å²) in [5.74, 6) is -0.511. The molecule has 106 valence electrons. The van der Waals surface area contributed by atoms with Crippen molar-refractivity contribution in [2.45, 2.75) is 46.3 Å². The van der Waals surface area contributed by atoms with Crippen LogP contribution in [-0.2, 0) is 9.47 Å². The number of nitrogens with zero attached hydrogens (tertiary/aromatic N) is 1. The van der Waals surface area contributed by atoms with Gasteiger partial charge in [0.05, 0.1) is 6.10 Å². The van der Waals surface area contributed by atoms with E-state index in [2.05, 4.69) is 10.3 Å². The predicted octanol–water partition coefficient (Wildman–Crippen LogP) is 3.06. The van der Waals surface area contributed by atoms with Crippen molar-refractivity contribution in [2.75, 3.05) is 5.32 Å². The van der Waals surface area contributed by atoms with Crippen LogP contribution in [0.5, 0.6) is 0 Å². The number of ether oxygens (including phenoxy) is 2. The third-order valence-electron chi connectivity index (χ3n) is 1.66. The molecule has 0 atom stereocenters. The second-order valence-electron chi connectivity index (χ2n) is 5.12. The zero-order valence-corrected chi connectivity index (χ0v) is 12.5. The van der Waals surface area contributed by atoms with E-state index in [1.54, 1.807) is 34.6 Å². The number of hydrogen-bond acceptors (Lipinski definition) is 6. The monoisotopic (exact) mass is 286 g/mol. The number of aromatic nitrogens is 1. The second kappa shape index (κ2) is 6.01. The van der Waals surface area contributed by atoms with Gasteiger partial charge in [-0.3, -0.25) is 5.32 Å². The molecule has 0 aromatic carbocycles. The van der Waals surface area contributed by atoms with E-state index in [1.807, 2.05) is 0 Å². The molecule has 19 heavy (non-hydrogen) atoms. The van der Waals surface area contributed by atoms with Crippen molar-refractivity contribution in [2.24, 2.45) is 0 Å². The van der Waals surface area contributed by atoms with Crippen molar-refractivity contribution < 1.29 is 19.1 Å². The Hall–Kier alpha value is -1.63. The van der Waals surface area contributed by atoms with Crippen molar-refractivity contribution in [1.29, 1.82) is 0 Å². The molecule has 0 aliphatic rings. The smallest absolute Gasteiger partial charge is 0.413 e. The van der Waals surface area contributed by atoms with E-state index in [-0.39, 0.29) is 11.8 Å². The number of thiazole rings is 1. The molecule has 1 aromatic rings. The molecule has 0 unspecified atom stereocenters. The SMILES string of the molecule is CC(C)OC(=O)c1csc(NC(=O)OC(C)(C)C)n1. The molecule has 1 aromatic heterocycles. The van der Waals surface area contributed by atoms with Gasteiger partial charge in [0.1, 0.15) is 5.60 Å². The molecule has 1 rings (SSSR count). The molecule has 0 spiro atoms. The molecule has 0 radical (unpaired) electrons. The van der Waals surface area contributed by atoms with Crippen LogP contribution in [0.15, 0.2) is 5.38 Å². The highest BCUT2D eigenvalue weighted by molar-refractivity contribution is 7.14. The molecule has 0 aliphatic carbocycles. The zero-order chi connectivity index (χ0) is 14.6. The Morgan fingerprint density at radius 1 is 1.37 bits per heavy atom. The summed E-state index contributed by atoms with van der Waals surface area (Å²) in [5.41, 5.74) is -0.412. The highest BCUT2D eigenvalue weighted by Crippen LogP contribution is 2.18. The minimum Gasteiger partial charge on any atom is -0.458 e. The number of nitrogens with one attached hydrogen (secondary N) is 1. The Kier molecular flexibility index (Phi) is 4.88. The normalized spacial score (nSPS) is 11.3. The zero-order valence-electron chi connectivity index (χ0n) is 11.6. The Morgan fingerprint density at radius 3 is 2.53 bits per heavy atom. The minimum atomic E-state index is -0.606.